The van der Waals surface area contributed by atoms with Crippen LogP contribution in [-0.4, -0.2) is 12.3 Å². The molecule has 1 heterocycles. The van der Waals surface area contributed by atoms with Gasteiger partial charge in [0.15, 0.2) is 5.78 Å². The molecule has 2 aromatic carbocycles. The van der Waals surface area contributed by atoms with E-state index >= 15 is 0 Å². The topological polar surface area (TPSA) is 29.1 Å². The van der Waals surface area contributed by atoms with Crippen LogP contribution in [0.5, 0.6) is 0 Å². The van der Waals surface area contributed by atoms with Gasteiger partial charge in [0.1, 0.15) is 0 Å². The predicted octanol–water partition coefficient (Wildman–Crippen LogP) is 3.45. The van der Waals surface area contributed by atoms with Crippen LogP contribution in [0.4, 0.5) is 5.69 Å². The molecule has 0 spiro atoms. The summed E-state index contributed by atoms with van der Waals surface area (Å²) in [5, 5.41) is 3.31. The lowest BCUT2D eigenvalue weighted by Crippen LogP contribution is -2.02. The van der Waals surface area contributed by atoms with Crippen LogP contribution in [0.2, 0.25) is 0 Å². The summed E-state index contributed by atoms with van der Waals surface area (Å²) in [6.45, 7) is 3.08. The number of nitrogens with one attached hydrogen (secondary N) is 1. The van der Waals surface area contributed by atoms with E-state index in [1.54, 1.807) is 0 Å². The molecule has 2 aromatic rings. The molecule has 96 valence electrons. The first-order chi connectivity index (χ1) is 9.28. The van der Waals surface area contributed by atoms with Crippen LogP contribution in [0.3, 0.4) is 0 Å². The van der Waals surface area contributed by atoms with E-state index in [-0.39, 0.29) is 5.78 Å². The summed E-state index contributed by atoms with van der Waals surface area (Å²) >= 11 is 0. The van der Waals surface area contributed by atoms with Crippen molar-refractivity contribution in [3.63, 3.8) is 0 Å². The maximum atomic E-state index is 12.4. The second kappa shape index (κ2) is 4.88. The molecule has 2 heteroatoms. The molecule has 1 aliphatic heterocycles. The zero-order valence-corrected chi connectivity index (χ0v) is 11.1. The number of fused-ring (bicyclic) bond motifs is 1. The molecule has 0 fully saturated rings. The Kier molecular flexibility index (Phi) is 3.08. The van der Waals surface area contributed by atoms with Crippen molar-refractivity contribution < 1.29 is 4.79 Å². The number of ketones is 1. The van der Waals surface area contributed by atoms with Crippen molar-refractivity contribution in [3.8, 4) is 0 Å². The van der Waals surface area contributed by atoms with Gasteiger partial charge in [0, 0.05) is 23.4 Å². The first-order valence-electron chi connectivity index (χ1n) is 6.78. The van der Waals surface area contributed by atoms with E-state index in [2.05, 4.69) is 18.3 Å². The van der Waals surface area contributed by atoms with E-state index in [4.69, 9.17) is 0 Å². The van der Waals surface area contributed by atoms with E-state index in [0.29, 0.717) is 0 Å². The fraction of sp³-hybridized carbons (Fsp3) is 0.235. The van der Waals surface area contributed by atoms with Crippen LogP contribution in [0, 0.1) is 0 Å². The molecule has 0 amide bonds. The number of carbonyl (C=O) groups is 1. The van der Waals surface area contributed by atoms with Crippen LogP contribution in [0.25, 0.3) is 0 Å². The monoisotopic (exact) mass is 251 g/mol. The van der Waals surface area contributed by atoms with E-state index in [9.17, 15) is 4.79 Å². The second-order valence-corrected chi connectivity index (χ2v) is 4.93. The Bertz CT molecular complexity index is 614. The molecule has 19 heavy (non-hydrogen) atoms. The molecule has 0 aromatic heterocycles. The van der Waals surface area contributed by atoms with Gasteiger partial charge in [0.25, 0.3) is 0 Å². The highest BCUT2D eigenvalue weighted by Crippen LogP contribution is 2.24. The summed E-state index contributed by atoms with van der Waals surface area (Å²) in [5.74, 6) is 0.0964. The fourth-order valence-electron chi connectivity index (χ4n) is 2.49. The van der Waals surface area contributed by atoms with Crippen molar-refractivity contribution in [2.45, 2.75) is 19.8 Å². The summed E-state index contributed by atoms with van der Waals surface area (Å²) in [7, 11) is 0. The number of carbonyl (C=O) groups excluding carboxylic acids is 1. The molecule has 1 aliphatic rings. The van der Waals surface area contributed by atoms with Gasteiger partial charge in [0.2, 0.25) is 0 Å². The third-order valence-electron chi connectivity index (χ3n) is 3.71. The minimum atomic E-state index is 0.0964. The molecule has 0 unspecified atom stereocenters. The zero-order chi connectivity index (χ0) is 13.2. The maximum Gasteiger partial charge on any atom is 0.193 e. The highest BCUT2D eigenvalue weighted by atomic mass is 16.1. The molecule has 0 saturated carbocycles. The van der Waals surface area contributed by atoms with E-state index in [1.165, 1.54) is 11.1 Å². The van der Waals surface area contributed by atoms with E-state index in [0.717, 1.165) is 36.2 Å². The van der Waals surface area contributed by atoms with Gasteiger partial charge in [-0.2, -0.15) is 0 Å². The van der Waals surface area contributed by atoms with Gasteiger partial charge >= 0.3 is 0 Å². The van der Waals surface area contributed by atoms with Crippen LogP contribution in [-0.2, 0) is 12.8 Å². The lowest BCUT2D eigenvalue weighted by atomic mass is 9.99. The molecule has 3 rings (SSSR count). The number of rotatable bonds is 3. The summed E-state index contributed by atoms with van der Waals surface area (Å²) < 4.78 is 0. The molecule has 0 saturated heterocycles. The van der Waals surface area contributed by atoms with Crippen LogP contribution in [0.1, 0.15) is 34.0 Å². The van der Waals surface area contributed by atoms with Gasteiger partial charge in [-0.25, -0.2) is 0 Å². The van der Waals surface area contributed by atoms with Crippen LogP contribution < -0.4 is 5.32 Å². The van der Waals surface area contributed by atoms with Gasteiger partial charge in [-0.15, -0.1) is 0 Å². The number of anilines is 1. The Morgan fingerprint density at radius 3 is 2.58 bits per heavy atom. The first kappa shape index (κ1) is 12.0. The number of benzene rings is 2. The lowest BCUT2D eigenvalue weighted by molar-refractivity contribution is 0.103. The Balaban J connectivity index is 1.90. The summed E-state index contributed by atoms with van der Waals surface area (Å²) in [5.41, 5.74) is 5.19. The smallest absolute Gasteiger partial charge is 0.193 e. The van der Waals surface area contributed by atoms with Gasteiger partial charge in [-0.05, 0) is 30.0 Å². The van der Waals surface area contributed by atoms with E-state index in [1.807, 2.05) is 36.4 Å². The Morgan fingerprint density at radius 2 is 1.84 bits per heavy atom. The Hall–Kier alpha value is -2.09. The quantitative estimate of drug-likeness (QED) is 0.847. The van der Waals surface area contributed by atoms with Gasteiger partial charge in [0.05, 0.1) is 0 Å². The predicted molar refractivity (Wildman–Crippen MR) is 77.9 cm³/mol. The second-order valence-electron chi connectivity index (χ2n) is 4.93. The standard InChI is InChI=1S/C17H17NO/c1-2-12-3-5-14(6-4-12)17(19)15-8-7-13-9-10-18-16(13)11-15/h3-8,11,18H,2,9-10H2,1H3. The highest BCUT2D eigenvalue weighted by molar-refractivity contribution is 6.09. The molecule has 1 N–H and O–H groups in total. The number of hydrogen-bond donors (Lipinski definition) is 1. The van der Waals surface area contributed by atoms with Crippen molar-refractivity contribution in [2.75, 3.05) is 11.9 Å². The summed E-state index contributed by atoms with van der Waals surface area (Å²) in [6, 6.07) is 13.9. The largest absolute Gasteiger partial charge is 0.384 e. The van der Waals surface area contributed by atoms with E-state index < -0.39 is 0 Å². The normalized spacial score (nSPS) is 12.9. The number of aryl methyl sites for hydroxylation is 1. The molecule has 0 bridgehead atoms. The summed E-state index contributed by atoms with van der Waals surface area (Å²) in [6.07, 6.45) is 2.05. The fourth-order valence-corrected chi connectivity index (χ4v) is 2.49. The van der Waals surface area contributed by atoms with Crippen molar-refractivity contribution in [3.05, 3.63) is 64.7 Å². The molecular weight excluding hydrogens is 234 g/mol. The molecule has 0 aliphatic carbocycles. The molecular formula is C17H17NO. The van der Waals surface area contributed by atoms with Crippen LogP contribution in [0.15, 0.2) is 42.5 Å². The molecule has 0 atom stereocenters. The average Bonchev–Trinajstić information content (AvgIpc) is 2.94. The third kappa shape index (κ3) is 2.26. The van der Waals surface area contributed by atoms with Crippen molar-refractivity contribution in [2.24, 2.45) is 0 Å². The van der Waals surface area contributed by atoms with Crippen LogP contribution >= 0.6 is 0 Å². The van der Waals surface area contributed by atoms with Gasteiger partial charge < -0.3 is 5.32 Å². The average molecular weight is 251 g/mol. The SMILES string of the molecule is CCc1ccc(C(=O)c2ccc3c(c2)NCC3)cc1. The lowest BCUT2D eigenvalue weighted by Gasteiger charge is -2.05. The maximum absolute atomic E-state index is 12.4. The third-order valence-corrected chi connectivity index (χ3v) is 3.71. The molecule has 0 radical (unpaired) electrons. The minimum absolute atomic E-state index is 0.0964. The van der Waals surface area contributed by atoms with Gasteiger partial charge in [-0.3, -0.25) is 4.79 Å². The minimum Gasteiger partial charge on any atom is -0.384 e. The Morgan fingerprint density at radius 1 is 1.11 bits per heavy atom. The zero-order valence-electron chi connectivity index (χ0n) is 11.1. The molecule has 2 nitrogen and oxygen atoms in total. The highest BCUT2D eigenvalue weighted by Gasteiger charge is 2.14. The Labute approximate surface area is 113 Å². The van der Waals surface area contributed by atoms with Gasteiger partial charge in [-0.1, -0.05) is 43.3 Å². The van der Waals surface area contributed by atoms with Crippen molar-refractivity contribution >= 4 is 11.5 Å². The summed E-state index contributed by atoms with van der Waals surface area (Å²) in [4.78, 5) is 12.4. The first-order valence-corrected chi connectivity index (χ1v) is 6.78. The number of hydrogen-bond acceptors (Lipinski definition) is 2. The van der Waals surface area contributed by atoms with Crippen molar-refractivity contribution in [1.29, 1.82) is 0 Å². The van der Waals surface area contributed by atoms with Crippen molar-refractivity contribution in [1.82, 2.24) is 0 Å².